The van der Waals surface area contributed by atoms with E-state index in [-0.39, 0.29) is 0 Å². The summed E-state index contributed by atoms with van der Waals surface area (Å²) in [4.78, 5) is 29.8. The Morgan fingerprint density at radius 3 is 2.21 bits per heavy atom. The Balaban J connectivity index is 1.40. The second-order valence-corrected chi connectivity index (χ2v) is 9.03. The van der Waals surface area contributed by atoms with Gasteiger partial charge in [0, 0.05) is 59.9 Å². The van der Waals surface area contributed by atoms with E-state index < -0.39 is 11.8 Å². The first-order valence-corrected chi connectivity index (χ1v) is 11.6. The topological polar surface area (TPSA) is 64.7 Å². The van der Waals surface area contributed by atoms with Crippen molar-refractivity contribution in [2.45, 2.75) is 0 Å². The molecule has 2 heterocycles. The van der Waals surface area contributed by atoms with Crippen molar-refractivity contribution in [3.05, 3.63) is 89.1 Å². The van der Waals surface area contributed by atoms with Crippen LogP contribution in [0, 0.1) is 0 Å². The fraction of sp³-hybridized carbons (Fsp3) is 0.185. The maximum absolute atomic E-state index is 12.7. The molecular weight excluding hydrogens is 448 g/mol. The predicted octanol–water partition coefficient (Wildman–Crippen LogP) is 4.48. The van der Waals surface area contributed by atoms with Crippen LogP contribution in [-0.4, -0.2) is 49.9 Å². The lowest BCUT2D eigenvalue weighted by atomic mass is 9.91. The molecule has 0 spiro atoms. The fourth-order valence-electron chi connectivity index (χ4n) is 4.28. The monoisotopic (exact) mass is 472 g/mol. The molecule has 2 N–H and O–H groups in total. The maximum Gasteiger partial charge on any atom is 0.260 e. The number of hydrogen-bond donors (Lipinski definition) is 2. The number of amides is 2. The van der Waals surface area contributed by atoms with E-state index in [0.29, 0.717) is 21.7 Å². The summed E-state index contributed by atoms with van der Waals surface area (Å²) in [6.07, 6.45) is 1.66. The molecule has 0 unspecified atom stereocenters. The number of benzene rings is 3. The Hall–Kier alpha value is -3.61. The zero-order valence-electron chi connectivity index (χ0n) is 18.8. The molecule has 1 fully saturated rings. The summed E-state index contributed by atoms with van der Waals surface area (Å²) in [7, 11) is 2.14. The zero-order chi connectivity index (χ0) is 23.7. The van der Waals surface area contributed by atoms with E-state index in [9.17, 15) is 9.59 Å². The van der Waals surface area contributed by atoms with Crippen molar-refractivity contribution in [3.8, 4) is 11.1 Å². The molecule has 0 saturated carbocycles. The van der Waals surface area contributed by atoms with E-state index in [1.54, 1.807) is 12.3 Å². The van der Waals surface area contributed by atoms with Gasteiger partial charge in [-0.05, 0) is 66.7 Å². The first-order chi connectivity index (χ1) is 16.5. The highest BCUT2D eigenvalue weighted by molar-refractivity contribution is 6.31. The molecule has 1 saturated heterocycles. The molecule has 0 aromatic heterocycles. The van der Waals surface area contributed by atoms with E-state index in [1.165, 1.54) is 5.69 Å². The summed E-state index contributed by atoms with van der Waals surface area (Å²) in [6.45, 7) is 4.12. The smallest absolute Gasteiger partial charge is 0.260 e. The number of imide groups is 1. The highest BCUT2D eigenvalue weighted by atomic mass is 35.5. The molecule has 0 atom stereocenters. The lowest BCUT2D eigenvalue weighted by Gasteiger charge is -2.34. The van der Waals surface area contributed by atoms with Crippen LogP contribution in [0.5, 0.6) is 0 Å². The van der Waals surface area contributed by atoms with Crippen LogP contribution in [0.1, 0.15) is 15.9 Å². The SMILES string of the molecule is CN1CCN(c2ccc(NC=C3C(=O)NC(=O)c4ccc(-c5ccc(Cl)cc5)cc43)cc2)CC1. The van der Waals surface area contributed by atoms with Gasteiger partial charge in [0.25, 0.3) is 11.8 Å². The molecular formula is C27H25ClN4O2. The molecule has 6 nitrogen and oxygen atoms in total. The summed E-state index contributed by atoms with van der Waals surface area (Å²) in [5.74, 6) is -0.816. The number of carbonyl (C=O) groups is 2. The molecule has 0 aliphatic carbocycles. The van der Waals surface area contributed by atoms with Gasteiger partial charge in [-0.3, -0.25) is 14.9 Å². The number of likely N-dealkylation sites (N-methyl/N-ethyl adjacent to an activating group) is 1. The van der Waals surface area contributed by atoms with Gasteiger partial charge in [-0.2, -0.15) is 0 Å². The fourth-order valence-corrected chi connectivity index (χ4v) is 4.40. The van der Waals surface area contributed by atoms with Gasteiger partial charge in [-0.1, -0.05) is 29.8 Å². The Kier molecular flexibility index (Phi) is 6.09. The van der Waals surface area contributed by atoms with Crippen LogP contribution < -0.4 is 15.5 Å². The maximum atomic E-state index is 12.7. The summed E-state index contributed by atoms with van der Waals surface area (Å²) in [6, 6.07) is 21.1. The highest BCUT2D eigenvalue weighted by Crippen LogP contribution is 2.30. The van der Waals surface area contributed by atoms with Gasteiger partial charge in [0.1, 0.15) is 0 Å². The van der Waals surface area contributed by atoms with Crippen molar-refractivity contribution in [2.24, 2.45) is 0 Å². The predicted molar refractivity (Wildman–Crippen MR) is 137 cm³/mol. The average molecular weight is 473 g/mol. The quantitative estimate of drug-likeness (QED) is 0.433. The standard InChI is InChI=1S/C27H25ClN4O2/c1-31-12-14-32(15-13-31)22-9-7-21(8-10-22)29-17-25-24-16-19(18-2-5-20(28)6-3-18)4-11-23(24)26(33)30-27(25)34/h2-11,16-17,29H,12-15H2,1H3,(H,30,33,34). The van der Waals surface area contributed by atoms with Crippen molar-refractivity contribution in [3.63, 3.8) is 0 Å². The van der Waals surface area contributed by atoms with Gasteiger partial charge in [0.15, 0.2) is 0 Å². The average Bonchev–Trinajstić information content (AvgIpc) is 2.85. The number of hydrogen-bond acceptors (Lipinski definition) is 5. The van der Waals surface area contributed by atoms with Crippen LogP contribution in [0.3, 0.4) is 0 Å². The van der Waals surface area contributed by atoms with Crippen LogP contribution in [0.4, 0.5) is 11.4 Å². The van der Waals surface area contributed by atoms with Gasteiger partial charge in [0.05, 0.1) is 5.57 Å². The van der Waals surface area contributed by atoms with Gasteiger partial charge in [0.2, 0.25) is 0 Å². The largest absolute Gasteiger partial charge is 0.369 e. The Labute approximate surface area is 203 Å². The molecule has 34 heavy (non-hydrogen) atoms. The lowest BCUT2D eigenvalue weighted by molar-refractivity contribution is -0.114. The summed E-state index contributed by atoms with van der Waals surface area (Å²) in [5, 5.41) is 6.31. The minimum absolute atomic E-state index is 0.392. The summed E-state index contributed by atoms with van der Waals surface area (Å²) < 4.78 is 0. The third-order valence-corrected chi connectivity index (χ3v) is 6.57. The summed E-state index contributed by atoms with van der Waals surface area (Å²) >= 11 is 6.02. The van der Waals surface area contributed by atoms with Crippen LogP contribution >= 0.6 is 11.6 Å². The lowest BCUT2D eigenvalue weighted by Crippen LogP contribution is -2.44. The first kappa shape index (κ1) is 22.2. The van der Waals surface area contributed by atoms with Crippen LogP contribution in [0.2, 0.25) is 5.02 Å². The third kappa shape index (κ3) is 4.55. The first-order valence-electron chi connectivity index (χ1n) is 11.2. The number of fused-ring (bicyclic) bond motifs is 1. The van der Waals surface area contributed by atoms with Gasteiger partial charge < -0.3 is 15.1 Å². The van der Waals surface area contributed by atoms with Gasteiger partial charge in [-0.25, -0.2) is 0 Å². The Bertz CT molecular complexity index is 1260. The zero-order valence-corrected chi connectivity index (χ0v) is 19.6. The molecule has 7 heteroatoms. The minimum Gasteiger partial charge on any atom is -0.369 e. The number of halogens is 1. The number of piperazine rings is 1. The van der Waals surface area contributed by atoms with Crippen molar-refractivity contribution in [2.75, 3.05) is 43.4 Å². The summed E-state index contributed by atoms with van der Waals surface area (Å²) in [5.41, 5.74) is 5.39. The molecule has 0 bridgehead atoms. The molecule has 5 rings (SSSR count). The number of carbonyl (C=O) groups excluding carboxylic acids is 2. The van der Waals surface area contributed by atoms with Crippen molar-refractivity contribution >= 4 is 40.4 Å². The van der Waals surface area contributed by atoms with E-state index in [2.05, 4.69) is 39.6 Å². The third-order valence-electron chi connectivity index (χ3n) is 6.32. The van der Waals surface area contributed by atoms with Crippen LogP contribution in [0.15, 0.2) is 72.9 Å². The van der Waals surface area contributed by atoms with Gasteiger partial charge in [-0.15, -0.1) is 0 Å². The van der Waals surface area contributed by atoms with Gasteiger partial charge >= 0.3 is 0 Å². The van der Waals surface area contributed by atoms with E-state index >= 15 is 0 Å². The highest BCUT2D eigenvalue weighted by Gasteiger charge is 2.27. The number of nitrogens with one attached hydrogen (secondary N) is 2. The normalized spacial score (nSPS) is 17.5. The molecule has 3 aromatic rings. The Morgan fingerprint density at radius 1 is 0.824 bits per heavy atom. The van der Waals surface area contributed by atoms with Crippen molar-refractivity contribution < 1.29 is 9.59 Å². The van der Waals surface area contributed by atoms with E-state index in [1.807, 2.05) is 48.5 Å². The van der Waals surface area contributed by atoms with E-state index in [0.717, 1.165) is 43.0 Å². The molecule has 3 aromatic carbocycles. The van der Waals surface area contributed by atoms with Crippen molar-refractivity contribution in [1.82, 2.24) is 10.2 Å². The van der Waals surface area contributed by atoms with Crippen LogP contribution in [0.25, 0.3) is 16.7 Å². The molecule has 2 amide bonds. The minimum atomic E-state index is -0.424. The van der Waals surface area contributed by atoms with Crippen molar-refractivity contribution in [1.29, 1.82) is 0 Å². The number of anilines is 2. The Morgan fingerprint density at radius 2 is 1.50 bits per heavy atom. The second kappa shape index (κ2) is 9.33. The molecule has 0 radical (unpaired) electrons. The number of rotatable bonds is 4. The number of nitrogens with zero attached hydrogens (tertiary/aromatic N) is 2. The van der Waals surface area contributed by atoms with Crippen LogP contribution in [-0.2, 0) is 4.79 Å². The second-order valence-electron chi connectivity index (χ2n) is 8.59. The molecule has 172 valence electrons. The molecule has 2 aliphatic rings. The molecule has 2 aliphatic heterocycles. The van der Waals surface area contributed by atoms with E-state index in [4.69, 9.17) is 11.6 Å².